The van der Waals surface area contributed by atoms with E-state index in [0.717, 1.165) is 32.0 Å². The monoisotopic (exact) mass is 302 g/mol. The molecule has 1 fully saturated rings. The van der Waals surface area contributed by atoms with Crippen LogP contribution in [0.25, 0.3) is 0 Å². The maximum absolute atomic E-state index is 9.05. The first kappa shape index (κ1) is 14.5. The SMILES string of the molecule is Nc1nc(Nc2ccc(N3CCOCC3)cn2)ncc1CO. The van der Waals surface area contributed by atoms with E-state index in [1.54, 1.807) is 6.20 Å². The number of ether oxygens (including phenoxy) is 1. The molecule has 0 amide bonds. The summed E-state index contributed by atoms with van der Waals surface area (Å²) in [5.74, 6) is 1.24. The van der Waals surface area contributed by atoms with Crippen LogP contribution in [0.5, 0.6) is 0 Å². The molecule has 116 valence electrons. The highest BCUT2D eigenvalue weighted by atomic mass is 16.5. The minimum Gasteiger partial charge on any atom is -0.391 e. The molecule has 2 aromatic rings. The lowest BCUT2D eigenvalue weighted by atomic mass is 10.3. The maximum Gasteiger partial charge on any atom is 0.230 e. The van der Waals surface area contributed by atoms with E-state index in [2.05, 4.69) is 25.2 Å². The topological polar surface area (TPSA) is 109 Å². The molecule has 0 aromatic carbocycles. The number of pyridine rings is 1. The van der Waals surface area contributed by atoms with Gasteiger partial charge < -0.3 is 25.8 Å². The first-order valence-corrected chi connectivity index (χ1v) is 7.04. The number of aromatic nitrogens is 3. The van der Waals surface area contributed by atoms with E-state index in [0.29, 0.717) is 17.3 Å². The smallest absolute Gasteiger partial charge is 0.230 e. The number of morpholine rings is 1. The molecule has 8 heteroatoms. The van der Waals surface area contributed by atoms with Crippen LogP contribution in [-0.4, -0.2) is 46.4 Å². The summed E-state index contributed by atoms with van der Waals surface area (Å²) in [5.41, 5.74) is 7.28. The van der Waals surface area contributed by atoms with E-state index in [-0.39, 0.29) is 12.4 Å². The average Bonchev–Trinajstić information content (AvgIpc) is 2.57. The summed E-state index contributed by atoms with van der Waals surface area (Å²) in [6.07, 6.45) is 3.30. The minimum atomic E-state index is -0.182. The predicted octanol–water partition coefficient (Wildman–Crippen LogP) is 0.526. The second-order valence-corrected chi connectivity index (χ2v) is 4.89. The van der Waals surface area contributed by atoms with Crippen LogP contribution in [0.4, 0.5) is 23.3 Å². The van der Waals surface area contributed by atoms with Crippen molar-refractivity contribution in [3.63, 3.8) is 0 Å². The minimum absolute atomic E-state index is 0.182. The number of nitrogen functional groups attached to an aromatic ring is 1. The highest BCUT2D eigenvalue weighted by Crippen LogP contribution is 2.18. The van der Waals surface area contributed by atoms with Crippen molar-refractivity contribution in [2.75, 3.05) is 42.3 Å². The summed E-state index contributed by atoms with van der Waals surface area (Å²) >= 11 is 0. The van der Waals surface area contributed by atoms with E-state index in [1.807, 2.05) is 12.1 Å². The van der Waals surface area contributed by atoms with E-state index in [4.69, 9.17) is 15.6 Å². The molecular formula is C14H18N6O2. The molecule has 2 aromatic heterocycles. The van der Waals surface area contributed by atoms with Gasteiger partial charge in [-0.1, -0.05) is 0 Å². The number of aliphatic hydroxyl groups is 1. The Bertz CT molecular complexity index is 628. The molecule has 1 saturated heterocycles. The van der Waals surface area contributed by atoms with E-state index in [1.165, 1.54) is 6.20 Å². The van der Waals surface area contributed by atoms with Crippen molar-refractivity contribution in [1.82, 2.24) is 15.0 Å². The van der Waals surface area contributed by atoms with Crippen molar-refractivity contribution in [2.24, 2.45) is 0 Å². The maximum atomic E-state index is 9.05. The lowest BCUT2D eigenvalue weighted by Gasteiger charge is -2.28. The zero-order chi connectivity index (χ0) is 15.4. The lowest BCUT2D eigenvalue weighted by molar-refractivity contribution is 0.122. The molecule has 1 aliphatic heterocycles. The number of nitrogens with one attached hydrogen (secondary N) is 1. The van der Waals surface area contributed by atoms with Gasteiger partial charge in [-0.15, -0.1) is 0 Å². The number of aliphatic hydroxyl groups excluding tert-OH is 1. The average molecular weight is 302 g/mol. The molecule has 4 N–H and O–H groups in total. The Morgan fingerprint density at radius 1 is 1.23 bits per heavy atom. The zero-order valence-corrected chi connectivity index (χ0v) is 12.1. The van der Waals surface area contributed by atoms with Crippen LogP contribution in [-0.2, 0) is 11.3 Å². The standard InChI is InChI=1S/C14H18N6O2/c15-13-10(9-21)7-17-14(19-13)18-12-2-1-11(8-16-12)20-3-5-22-6-4-20/h1-2,7-8,21H,3-6,9H2,(H3,15,16,17,18,19). The highest BCUT2D eigenvalue weighted by Gasteiger charge is 2.11. The zero-order valence-electron chi connectivity index (χ0n) is 12.1. The summed E-state index contributed by atoms with van der Waals surface area (Å²) in [7, 11) is 0. The van der Waals surface area contributed by atoms with Crippen molar-refractivity contribution >= 4 is 23.3 Å². The quantitative estimate of drug-likeness (QED) is 0.750. The second kappa shape index (κ2) is 6.54. The van der Waals surface area contributed by atoms with Crippen molar-refractivity contribution in [3.05, 3.63) is 30.1 Å². The van der Waals surface area contributed by atoms with Gasteiger partial charge >= 0.3 is 0 Å². The molecule has 0 atom stereocenters. The fraction of sp³-hybridized carbons (Fsp3) is 0.357. The predicted molar refractivity (Wildman–Crippen MR) is 82.9 cm³/mol. The first-order chi connectivity index (χ1) is 10.8. The van der Waals surface area contributed by atoms with E-state index < -0.39 is 0 Å². The molecule has 0 bridgehead atoms. The number of nitrogens with two attached hydrogens (primary N) is 1. The van der Waals surface area contributed by atoms with Crippen LogP contribution < -0.4 is 16.0 Å². The summed E-state index contributed by atoms with van der Waals surface area (Å²) in [6, 6.07) is 3.86. The molecule has 22 heavy (non-hydrogen) atoms. The van der Waals surface area contributed by atoms with Crippen molar-refractivity contribution in [1.29, 1.82) is 0 Å². The van der Waals surface area contributed by atoms with Gasteiger partial charge in [0.2, 0.25) is 5.95 Å². The van der Waals surface area contributed by atoms with Gasteiger partial charge in [0.25, 0.3) is 0 Å². The van der Waals surface area contributed by atoms with Gasteiger partial charge in [0.05, 0.1) is 31.7 Å². The molecule has 0 saturated carbocycles. The van der Waals surface area contributed by atoms with Crippen molar-refractivity contribution in [2.45, 2.75) is 6.61 Å². The van der Waals surface area contributed by atoms with Gasteiger partial charge in [0.1, 0.15) is 11.6 Å². The third-order valence-electron chi connectivity index (χ3n) is 3.43. The fourth-order valence-corrected chi connectivity index (χ4v) is 2.19. The van der Waals surface area contributed by atoms with Crippen LogP contribution in [0.15, 0.2) is 24.5 Å². The number of nitrogens with zero attached hydrogens (tertiary/aromatic N) is 4. The molecule has 3 rings (SSSR count). The Balaban J connectivity index is 1.69. The van der Waals surface area contributed by atoms with Gasteiger partial charge in [-0.3, -0.25) is 0 Å². The summed E-state index contributed by atoms with van der Waals surface area (Å²) in [4.78, 5) is 14.8. The van der Waals surface area contributed by atoms with Crippen molar-refractivity contribution in [3.8, 4) is 0 Å². The molecule has 0 radical (unpaired) electrons. The van der Waals surface area contributed by atoms with Crippen LogP contribution >= 0.6 is 0 Å². The Morgan fingerprint density at radius 3 is 2.68 bits per heavy atom. The summed E-state index contributed by atoms with van der Waals surface area (Å²) in [6.45, 7) is 3.04. The molecule has 0 aliphatic carbocycles. The normalized spacial score (nSPS) is 14.9. The number of rotatable bonds is 4. The Hall–Kier alpha value is -2.45. The third kappa shape index (κ3) is 3.23. The van der Waals surface area contributed by atoms with Gasteiger partial charge in [-0.05, 0) is 12.1 Å². The van der Waals surface area contributed by atoms with Gasteiger partial charge in [0.15, 0.2) is 0 Å². The molecule has 8 nitrogen and oxygen atoms in total. The number of anilines is 4. The molecule has 0 unspecified atom stereocenters. The molecule has 1 aliphatic rings. The van der Waals surface area contributed by atoms with Gasteiger partial charge in [0, 0.05) is 24.8 Å². The Morgan fingerprint density at radius 2 is 2.05 bits per heavy atom. The Labute approximate surface area is 128 Å². The summed E-state index contributed by atoms with van der Waals surface area (Å²) in [5, 5.41) is 12.0. The molecule has 0 spiro atoms. The lowest BCUT2D eigenvalue weighted by Crippen LogP contribution is -2.36. The van der Waals surface area contributed by atoms with E-state index in [9.17, 15) is 0 Å². The van der Waals surface area contributed by atoms with Crippen LogP contribution in [0.3, 0.4) is 0 Å². The second-order valence-electron chi connectivity index (χ2n) is 4.89. The van der Waals surface area contributed by atoms with Crippen LogP contribution in [0.1, 0.15) is 5.56 Å². The fourth-order valence-electron chi connectivity index (χ4n) is 2.19. The number of hydrogen-bond acceptors (Lipinski definition) is 8. The number of hydrogen-bond donors (Lipinski definition) is 3. The van der Waals surface area contributed by atoms with Gasteiger partial charge in [-0.25, -0.2) is 9.97 Å². The van der Waals surface area contributed by atoms with Crippen LogP contribution in [0, 0.1) is 0 Å². The first-order valence-electron chi connectivity index (χ1n) is 7.04. The van der Waals surface area contributed by atoms with Crippen LogP contribution in [0.2, 0.25) is 0 Å². The van der Waals surface area contributed by atoms with E-state index >= 15 is 0 Å². The Kier molecular flexibility index (Phi) is 4.31. The third-order valence-corrected chi connectivity index (χ3v) is 3.43. The van der Waals surface area contributed by atoms with Crippen molar-refractivity contribution < 1.29 is 9.84 Å². The highest BCUT2D eigenvalue weighted by molar-refractivity contribution is 5.55. The van der Waals surface area contributed by atoms with Gasteiger partial charge in [-0.2, -0.15) is 4.98 Å². The molecular weight excluding hydrogens is 284 g/mol. The largest absolute Gasteiger partial charge is 0.391 e. The molecule has 3 heterocycles. The summed E-state index contributed by atoms with van der Waals surface area (Å²) < 4.78 is 5.33.